The number of carbonyl (C=O) groups is 2. The third-order valence-electron chi connectivity index (χ3n) is 4.14. The molecule has 31 heavy (non-hydrogen) atoms. The molecule has 0 aliphatic carbocycles. The summed E-state index contributed by atoms with van der Waals surface area (Å²) in [6.07, 6.45) is -1.76. The normalized spacial score (nSPS) is 11.5. The number of rotatable bonds is 5. The maximum atomic E-state index is 13.0. The molecule has 0 saturated carbocycles. The van der Waals surface area contributed by atoms with E-state index in [2.05, 4.69) is 10.3 Å². The summed E-state index contributed by atoms with van der Waals surface area (Å²) in [5, 5.41) is 4.53. The van der Waals surface area contributed by atoms with E-state index in [-0.39, 0.29) is 16.7 Å². The average molecular weight is 445 g/mol. The highest BCUT2D eigenvalue weighted by atomic mass is 32.1. The van der Waals surface area contributed by atoms with Gasteiger partial charge in [0.15, 0.2) is 5.13 Å². The van der Waals surface area contributed by atoms with Gasteiger partial charge in [-0.3, -0.25) is 14.5 Å². The molecule has 0 unspecified atom stereocenters. The number of anilines is 3. The van der Waals surface area contributed by atoms with Crippen molar-refractivity contribution in [1.29, 1.82) is 0 Å². The fourth-order valence-corrected chi connectivity index (χ4v) is 3.63. The highest BCUT2D eigenvalue weighted by Crippen LogP contribution is 2.35. The summed E-state index contributed by atoms with van der Waals surface area (Å²) in [5.74, 6) is -0.845. The van der Waals surface area contributed by atoms with Crippen molar-refractivity contribution in [2.24, 2.45) is 0 Å². The molecule has 0 saturated heterocycles. The third-order valence-corrected chi connectivity index (χ3v) is 4.98. The van der Waals surface area contributed by atoms with Gasteiger partial charge in [0.05, 0.1) is 16.9 Å². The fourth-order valence-electron chi connectivity index (χ4n) is 2.77. The molecule has 5 nitrogen and oxygen atoms in total. The predicted molar refractivity (Wildman–Crippen MR) is 115 cm³/mol. The largest absolute Gasteiger partial charge is 0.416 e. The number of halogens is 3. The number of carbonyl (C=O) groups excluding carboxylic acids is 2. The Morgan fingerprint density at radius 3 is 2.55 bits per heavy atom. The summed E-state index contributed by atoms with van der Waals surface area (Å²) in [4.78, 5) is 29.6. The molecule has 2 amide bonds. The number of hydrogen-bond acceptors (Lipinski definition) is 4. The molecule has 1 N–H and O–H groups in total. The maximum Gasteiger partial charge on any atom is 0.416 e. The molecule has 0 fully saturated rings. The van der Waals surface area contributed by atoms with E-state index in [1.807, 2.05) is 25.1 Å². The lowest BCUT2D eigenvalue weighted by molar-refractivity contribution is -0.137. The number of nitrogens with zero attached hydrogens (tertiary/aromatic N) is 2. The molecule has 160 valence electrons. The van der Waals surface area contributed by atoms with Crippen molar-refractivity contribution >= 4 is 45.7 Å². The minimum absolute atomic E-state index is 0.0596. The van der Waals surface area contributed by atoms with Crippen LogP contribution in [0.25, 0.3) is 6.08 Å². The van der Waals surface area contributed by atoms with Gasteiger partial charge >= 0.3 is 6.18 Å². The minimum atomic E-state index is -4.53. The second kappa shape index (κ2) is 9.13. The Labute approximate surface area is 180 Å². The van der Waals surface area contributed by atoms with Crippen molar-refractivity contribution in [2.45, 2.75) is 20.0 Å². The summed E-state index contributed by atoms with van der Waals surface area (Å²) >= 11 is 1.08. The average Bonchev–Trinajstić information content (AvgIpc) is 3.14. The maximum absolute atomic E-state index is 13.0. The number of benzene rings is 2. The van der Waals surface area contributed by atoms with Crippen molar-refractivity contribution in [2.75, 3.05) is 10.2 Å². The van der Waals surface area contributed by atoms with Crippen molar-refractivity contribution in [1.82, 2.24) is 4.98 Å². The smallest absolute Gasteiger partial charge is 0.323 e. The zero-order valence-electron chi connectivity index (χ0n) is 16.6. The summed E-state index contributed by atoms with van der Waals surface area (Å²) < 4.78 is 39.1. The third kappa shape index (κ3) is 5.79. The van der Waals surface area contributed by atoms with Gasteiger partial charge in [0.2, 0.25) is 11.8 Å². The molecule has 3 aromatic rings. The van der Waals surface area contributed by atoms with E-state index in [0.29, 0.717) is 11.4 Å². The molecule has 0 bridgehead atoms. The van der Waals surface area contributed by atoms with Gasteiger partial charge in [0.1, 0.15) is 0 Å². The first-order valence-electron chi connectivity index (χ1n) is 9.13. The quantitative estimate of drug-likeness (QED) is 0.505. The fraction of sp³-hybridized carbons (Fsp3) is 0.136. The van der Waals surface area contributed by atoms with Crippen LogP contribution in [-0.2, 0) is 15.8 Å². The standard InChI is InChI=1S/C22H18F3N3O2S/c1-14-5-3-7-17(11-14)26-20(30)10-9-18-13-31-21(27-18)28(15(2)29)19-8-4-6-16(12-19)22(23,24)25/h3-13H,1-2H3,(H,26,30). The van der Waals surface area contributed by atoms with Gasteiger partial charge < -0.3 is 5.32 Å². The van der Waals surface area contributed by atoms with Crippen molar-refractivity contribution < 1.29 is 22.8 Å². The first-order valence-corrected chi connectivity index (χ1v) is 10.0. The Balaban J connectivity index is 1.78. The van der Waals surface area contributed by atoms with E-state index in [0.717, 1.165) is 33.9 Å². The predicted octanol–water partition coefficient (Wildman–Crippen LogP) is 5.81. The van der Waals surface area contributed by atoms with Gasteiger partial charge in [-0.1, -0.05) is 18.2 Å². The molecule has 0 atom stereocenters. The van der Waals surface area contributed by atoms with Crippen LogP contribution in [0, 0.1) is 6.92 Å². The highest BCUT2D eigenvalue weighted by Gasteiger charge is 2.31. The number of thiazole rings is 1. The van der Waals surface area contributed by atoms with Crippen LogP contribution in [0.4, 0.5) is 29.7 Å². The van der Waals surface area contributed by atoms with Crippen LogP contribution >= 0.6 is 11.3 Å². The van der Waals surface area contributed by atoms with Crippen LogP contribution < -0.4 is 10.2 Å². The van der Waals surface area contributed by atoms with Crippen LogP contribution in [0.2, 0.25) is 0 Å². The van der Waals surface area contributed by atoms with Gasteiger partial charge in [-0.05, 0) is 48.9 Å². The summed E-state index contributed by atoms with van der Waals surface area (Å²) in [6, 6.07) is 11.8. The van der Waals surface area contributed by atoms with Crippen LogP contribution in [0.15, 0.2) is 60.0 Å². The molecule has 1 heterocycles. The van der Waals surface area contributed by atoms with Gasteiger partial charge in [-0.2, -0.15) is 13.2 Å². The first-order chi connectivity index (χ1) is 14.6. The van der Waals surface area contributed by atoms with Crippen LogP contribution in [0.1, 0.15) is 23.7 Å². The van der Waals surface area contributed by atoms with Gasteiger partial charge in [0.25, 0.3) is 0 Å². The Bertz CT molecular complexity index is 1140. The highest BCUT2D eigenvalue weighted by molar-refractivity contribution is 7.14. The molecule has 0 aliphatic heterocycles. The number of aryl methyl sites for hydroxylation is 1. The zero-order valence-corrected chi connectivity index (χ0v) is 17.4. The molecular weight excluding hydrogens is 427 g/mol. The zero-order chi connectivity index (χ0) is 22.6. The Hall–Kier alpha value is -3.46. The Morgan fingerprint density at radius 1 is 1.13 bits per heavy atom. The number of aromatic nitrogens is 1. The van der Waals surface area contributed by atoms with E-state index >= 15 is 0 Å². The second-order valence-corrected chi connectivity index (χ2v) is 7.49. The number of alkyl halides is 3. The van der Waals surface area contributed by atoms with Crippen LogP contribution in [-0.4, -0.2) is 16.8 Å². The van der Waals surface area contributed by atoms with E-state index < -0.39 is 17.6 Å². The van der Waals surface area contributed by atoms with E-state index in [1.54, 1.807) is 11.4 Å². The van der Waals surface area contributed by atoms with Gasteiger partial charge in [0, 0.05) is 24.1 Å². The van der Waals surface area contributed by atoms with E-state index in [4.69, 9.17) is 0 Å². The van der Waals surface area contributed by atoms with Crippen LogP contribution in [0.5, 0.6) is 0 Å². The molecule has 0 radical (unpaired) electrons. The number of amides is 2. The van der Waals surface area contributed by atoms with Crippen molar-refractivity contribution in [3.63, 3.8) is 0 Å². The minimum Gasteiger partial charge on any atom is -0.323 e. The van der Waals surface area contributed by atoms with Gasteiger partial charge in [-0.25, -0.2) is 4.98 Å². The molecular formula is C22H18F3N3O2S. The molecule has 2 aromatic carbocycles. The Morgan fingerprint density at radius 2 is 1.87 bits per heavy atom. The topological polar surface area (TPSA) is 62.3 Å². The first kappa shape index (κ1) is 22.2. The number of nitrogens with one attached hydrogen (secondary N) is 1. The summed E-state index contributed by atoms with van der Waals surface area (Å²) in [5.41, 5.74) is 1.26. The van der Waals surface area contributed by atoms with Crippen LogP contribution in [0.3, 0.4) is 0 Å². The monoisotopic (exact) mass is 445 g/mol. The summed E-state index contributed by atoms with van der Waals surface area (Å²) in [7, 11) is 0. The Kier molecular flexibility index (Phi) is 6.55. The van der Waals surface area contributed by atoms with Gasteiger partial charge in [-0.15, -0.1) is 11.3 Å². The van der Waals surface area contributed by atoms with Crippen molar-refractivity contribution in [3.8, 4) is 0 Å². The second-order valence-electron chi connectivity index (χ2n) is 6.65. The molecule has 0 aliphatic rings. The lowest BCUT2D eigenvalue weighted by Crippen LogP contribution is -2.23. The lowest BCUT2D eigenvalue weighted by atomic mass is 10.2. The molecule has 0 spiro atoms. The molecule has 1 aromatic heterocycles. The van der Waals surface area contributed by atoms with E-state index in [1.165, 1.54) is 31.2 Å². The molecule has 3 rings (SSSR count). The molecule has 9 heteroatoms. The lowest BCUT2D eigenvalue weighted by Gasteiger charge is -2.19. The summed E-state index contributed by atoms with van der Waals surface area (Å²) in [6.45, 7) is 3.15. The number of hydrogen-bond donors (Lipinski definition) is 1. The SMILES string of the molecule is CC(=O)N(c1cccc(C(F)(F)F)c1)c1nc(C=CC(=O)Nc2cccc(C)c2)cs1. The van der Waals surface area contributed by atoms with E-state index in [9.17, 15) is 22.8 Å². The van der Waals surface area contributed by atoms with Crippen molar-refractivity contribution in [3.05, 3.63) is 76.8 Å².